The first-order chi connectivity index (χ1) is 8.99. The molecule has 1 aromatic carbocycles. The average molecular weight is 267 g/mol. The highest BCUT2D eigenvalue weighted by atomic mass is 16.6. The SMILES string of the molecule is CCOC(=O)c1ccc(CC(=O)OC)c([N+](=O)[O-])c1. The zero-order valence-electron chi connectivity index (χ0n) is 10.5. The summed E-state index contributed by atoms with van der Waals surface area (Å²) in [6.45, 7) is 1.81. The van der Waals surface area contributed by atoms with Gasteiger partial charge in [-0.05, 0) is 13.0 Å². The van der Waals surface area contributed by atoms with Crippen LogP contribution in [0.4, 0.5) is 5.69 Å². The zero-order valence-corrected chi connectivity index (χ0v) is 10.5. The molecular formula is C12H13NO6. The Morgan fingerprint density at radius 2 is 2.05 bits per heavy atom. The van der Waals surface area contributed by atoms with Gasteiger partial charge in [-0.25, -0.2) is 4.79 Å². The molecule has 1 rings (SSSR count). The van der Waals surface area contributed by atoms with Gasteiger partial charge in [-0.2, -0.15) is 0 Å². The Morgan fingerprint density at radius 1 is 1.37 bits per heavy atom. The summed E-state index contributed by atoms with van der Waals surface area (Å²) in [6.07, 6.45) is -0.226. The normalized spacial score (nSPS) is 9.79. The largest absolute Gasteiger partial charge is 0.469 e. The fourth-order valence-electron chi connectivity index (χ4n) is 1.45. The number of methoxy groups -OCH3 is 1. The molecule has 0 atom stereocenters. The molecule has 0 saturated carbocycles. The Balaban J connectivity index is 3.11. The van der Waals surface area contributed by atoms with Crippen LogP contribution in [0.5, 0.6) is 0 Å². The summed E-state index contributed by atoms with van der Waals surface area (Å²) < 4.78 is 9.20. The molecule has 0 unspecified atom stereocenters. The minimum absolute atomic E-state index is 0.0714. The van der Waals surface area contributed by atoms with Crippen molar-refractivity contribution in [3.05, 3.63) is 39.4 Å². The molecule has 0 aromatic heterocycles. The van der Waals surface area contributed by atoms with E-state index in [-0.39, 0.29) is 29.8 Å². The van der Waals surface area contributed by atoms with Gasteiger partial charge in [-0.15, -0.1) is 0 Å². The van der Waals surface area contributed by atoms with Gasteiger partial charge in [-0.3, -0.25) is 14.9 Å². The molecule has 102 valence electrons. The van der Waals surface area contributed by atoms with Crippen molar-refractivity contribution in [1.29, 1.82) is 0 Å². The second kappa shape index (κ2) is 6.48. The van der Waals surface area contributed by atoms with Crippen molar-refractivity contribution in [3.63, 3.8) is 0 Å². The van der Waals surface area contributed by atoms with Crippen LogP contribution in [0.25, 0.3) is 0 Å². The van der Waals surface area contributed by atoms with Gasteiger partial charge in [-0.1, -0.05) is 6.07 Å². The van der Waals surface area contributed by atoms with Crippen LogP contribution in [-0.2, 0) is 20.7 Å². The zero-order chi connectivity index (χ0) is 14.4. The number of rotatable bonds is 5. The number of nitro benzene ring substituents is 1. The summed E-state index contributed by atoms with van der Waals surface area (Å²) in [5.74, 6) is -1.23. The second-order valence-corrected chi connectivity index (χ2v) is 3.57. The van der Waals surface area contributed by atoms with Crippen LogP contribution in [0.15, 0.2) is 18.2 Å². The third-order valence-electron chi connectivity index (χ3n) is 2.36. The van der Waals surface area contributed by atoms with E-state index in [2.05, 4.69) is 4.74 Å². The van der Waals surface area contributed by atoms with Crippen LogP contribution >= 0.6 is 0 Å². The Morgan fingerprint density at radius 3 is 2.58 bits per heavy atom. The Bertz CT molecular complexity index is 511. The van der Waals surface area contributed by atoms with Crippen molar-refractivity contribution in [1.82, 2.24) is 0 Å². The smallest absolute Gasteiger partial charge is 0.338 e. The second-order valence-electron chi connectivity index (χ2n) is 3.57. The summed E-state index contributed by atoms with van der Waals surface area (Å²) in [4.78, 5) is 32.9. The van der Waals surface area contributed by atoms with Gasteiger partial charge in [0.05, 0.1) is 30.6 Å². The quantitative estimate of drug-likeness (QED) is 0.455. The van der Waals surface area contributed by atoms with Crippen LogP contribution in [-0.4, -0.2) is 30.6 Å². The Hall–Kier alpha value is -2.44. The first-order valence-corrected chi connectivity index (χ1v) is 5.50. The molecule has 0 spiro atoms. The topological polar surface area (TPSA) is 95.7 Å². The molecule has 7 heteroatoms. The number of nitro groups is 1. The lowest BCUT2D eigenvalue weighted by atomic mass is 10.1. The van der Waals surface area contributed by atoms with Crippen molar-refractivity contribution in [2.45, 2.75) is 13.3 Å². The highest BCUT2D eigenvalue weighted by Gasteiger charge is 2.20. The van der Waals surface area contributed by atoms with Crippen LogP contribution in [0.2, 0.25) is 0 Å². The summed E-state index contributed by atoms with van der Waals surface area (Å²) in [5, 5.41) is 10.9. The molecule has 0 saturated heterocycles. The van der Waals surface area contributed by atoms with Gasteiger partial charge in [0.2, 0.25) is 0 Å². The minimum atomic E-state index is -0.652. The van der Waals surface area contributed by atoms with Crippen molar-refractivity contribution < 1.29 is 24.0 Å². The summed E-state index contributed by atoms with van der Waals surface area (Å²) in [5.41, 5.74) is -0.0528. The predicted molar refractivity (Wildman–Crippen MR) is 64.8 cm³/mol. The van der Waals surface area contributed by atoms with Gasteiger partial charge in [0.25, 0.3) is 5.69 Å². The first-order valence-electron chi connectivity index (χ1n) is 5.50. The van der Waals surface area contributed by atoms with Crippen LogP contribution < -0.4 is 0 Å². The molecule has 19 heavy (non-hydrogen) atoms. The van der Waals surface area contributed by atoms with Crippen LogP contribution in [0.3, 0.4) is 0 Å². The number of benzene rings is 1. The molecule has 7 nitrogen and oxygen atoms in total. The molecule has 0 bridgehead atoms. The third kappa shape index (κ3) is 3.77. The number of nitrogens with zero attached hydrogens (tertiary/aromatic N) is 1. The maximum absolute atomic E-state index is 11.5. The van der Waals surface area contributed by atoms with E-state index in [9.17, 15) is 19.7 Å². The number of carbonyl (C=O) groups is 2. The van der Waals surface area contributed by atoms with E-state index in [0.717, 1.165) is 6.07 Å². The molecule has 1 aromatic rings. The fraction of sp³-hybridized carbons (Fsp3) is 0.333. The van der Waals surface area contributed by atoms with E-state index in [1.807, 2.05) is 0 Å². The van der Waals surface area contributed by atoms with E-state index in [0.29, 0.717) is 0 Å². The Kier molecular flexibility index (Phi) is 4.99. The highest BCUT2D eigenvalue weighted by Crippen LogP contribution is 2.21. The summed E-state index contributed by atoms with van der Waals surface area (Å²) >= 11 is 0. The molecule has 0 amide bonds. The lowest BCUT2D eigenvalue weighted by Gasteiger charge is -2.05. The highest BCUT2D eigenvalue weighted by molar-refractivity contribution is 5.90. The lowest BCUT2D eigenvalue weighted by molar-refractivity contribution is -0.385. The molecule has 0 fully saturated rings. The molecule has 0 N–H and O–H groups in total. The summed E-state index contributed by atoms with van der Waals surface area (Å²) in [7, 11) is 1.20. The van der Waals surface area contributed by atoms with Gasteiger partial charge < -0.3 is 9.47 Å². The molecule has 0 aliphatic heterocycles. The standard InChI is InChI=1S/C12H13NO6/c1-3-19-12(15)9-5-4-8(7-11(14)18-2)10(6-9)13(16)17/h4-6H,3,7H2,1-2H3. The maximum atomic E-state index is 11.5. The maximum Gasteiger partial charge on any atom is 0.338 e. The average Bonchev–Trinajstić information content (AvgIpc) is 2.38. The van der Waals surface area contributed by atoms with Crippen molar-refractivity contribution in [2.75, 3.05) is 13.7 Å². The number of carbonyl (C=O) groups excluding carboxylic acids is 2. The van der Waals surface area contributed by atoms with Crippen LogP contribution in [0, 0.1) is 10.1 Å². The van der Waals surface area contributed by atoms with Gasteiger partial charge in [0.1, 0.15) is 0 Å². The third-order valence-corrected chi connectivity index (χ3v) is 2.36. The Labute approximate surface area is 109 Å². The van der Waals surface area contributed by atoms with Gasteiger partial charge in [0, 0.05) is 11.6 Å². The number of hydrogen-bond donors (Lipinski definition) is 0. The van der Waals surface area contributed by atoms with Crippen molar-refractivity contribution in [2.24, 2.45) is 0 Å². The van der Waals surface area contributed by atoms with E-state index in [1.54, 1.807) is 6.92 Å². The number of hydrogen-bond acceptors (Lipinski definition) is 6. The molecule has 0 aliphatic carbocycles. The van der Waals surface area contributed by atoms with Crippen LogP contribution in [0.1, 0.15) is 22.8 Å². The molecule has 0 aliphatic rings. The monoisotopic (exact) mass is 267 g/mol. The minimum Gasteiger partial charge on any atom is -0.469 e. The lowest BCUT2D eigenvalue weighted by Crippen LogP contribution is -2.09. The van der Waals surface area contributed by atoms with E-state index < -0.39 is 16.9 Å². The van der Waals surface area contributed by atoms with E-state index >= 15 is 0 Å². The van der Waals surface area contributed by atoms with Crippen molar-refractivity contribution >= 4 is 17.6 Å². The molecule has 0 heterocycles. The summed E-state index contributed by atoms with van der Waals surface area (Å²) in [6, 6.07) is 3.82. The first kappa shape index (κ1) is 14.6. The predicted octanol–water partition coefficient (Wildman–Crippen LogP) is 1.49. The van der Waals surface area contributed by atoms with E-state index in [1.165, 1.54) is 19.2 Å². The van der Waals surface area contributed by atoms with Gasteiger partial charge >= 0.3 is 11.9 Å². The van der Waals surface area contributed by atoms with Gasteiger partial charge in [0.15, 0.2) is 0 Å². The molecule has 0 radical (unpaired) electrons. The molecular weight excluding hydrogens is 254 g/mol. The number of esters is 2. The van der Waals surface area contributed by atoms with E-state index in [4.69, 9.17) is 4.74 Å². The van der Waals surface area contributed by atoms with Crippen molar-refractivity contribution in [3.8, 4) is 0 Å². The number of ether oxygens (including phenoxy) is 2. The fourth-order valence-corrected chi connectivity index (χ4v) is 1.45.